The average Bonchev–Trinajstić information content (AvgIpc) is 2.41. The van der Waals surface area contributed by atoms with E-state index in [0.29, 0.717) is 23.1 Å². The highest BCUT2D eigenvalue weighted by Gasteiger charge is 2.24. The standard InChI is InChI=1S/C13H15BrFNO2/c14-11-6-10(3-4-12(11)15)13(18)16-5-1-2-9(7-16)8-17/h3-4,6,9,17H,1-2,5,7-8H2. The van der Waals surface area contributed by atoms with Gasteiger partial charge in [-0.05, 0) is 52.9 Å². The number of aliphatic hydroxyl groups excluding tert-OH is 1. The van der Waals surface area contributed by atoms with Crippen molar-refractivity contribution in [3.63, 3.8) is 0 Å². The van der Waals surface area contributed by atoms with Crippen molar-refractivity contribution in [3.8, 4) is 0 Å². The van der Waals surface area contributed by atoms with E-state index in [9.17, 15) is 9.18 Å². The maximum atomic E-state index is 13.1. The minimum atomic E-state index is -0.376. The molecule has 3 nitrogen and oxygen atoms in total. The van der Waals surface area contributed by atoms with Gasteiger partial charge in [0.15, 0.2) is 0 Å². The first-order valence-electron chi connectivity index (χ1n) is 5.97. The molecule has 0 aromatic heterocycles. The lowest BCUT2D eigenvalue weighted by Crippen LogP contribution is -2.40. The Bertz CT molecular complexity index is 453. The van der Waals surface area contributed by atoms with Gasteiger partial charge in [-0.3, -0.25) is 4.79 Å². The van der Waals surface area contributed by atoms with Crippen LogP contribution in [0.2, 0.25) is 0 Å². The molecule has 2 rings (SSSR count). The van der Waals surface area contributed by atoms with Gasteiger partial charge in [-0.25, -0.2) is 4.39 Å². The Labute approximate surface area is 114 Å². The highest BCUT2D eigenvalue weighted by Crippen LogP contribution is 2.21. The quantitative estimate of drug-likeness (QED) is 0.910. The van der Waals surface area contributed by atoms with E-state index in [-0.39, 0.29) is 24.2 Å². The molecular weight excluding hydrogens is 301 g/mol. The van der Waals surface area contributed by atoms with E-state index < -0.39 is 0 Å². The van der Waals surface area contributed by atoms with E-state index >= 15 is 0 Å². The zero-order valence-electron chi connectivity index (χ0n) is 9.90. The summed E-state index contributed by atoms with van der Waals surface area (Å²) in [7, 11) is 0. The first kappa shape index (κ1) is 13.5. The van der Waals surface area contributed by atoms with Crippen LogP contribution in [0.4, 0.5) is 4.39 Å². The molecule has 0 spiro atoms. The molecule has 1 heterocycles. The van der Waals surface area contributed by atoms with E-state index in [4.69, 9.17) is 5.11 Å². The van der Waals surface area contributed by atoms with Crippen LogP contribution in [0.1, 0.15) is 23.2 Å². The van der Waals surface area contributed by atoms with Crippen LogP contribution in [-0.2, 0) is 0 Å². The molecule has 0 saturated carbocycles. The van der Waals surface area contributed by atoms with E-state index in [1.807, 2.05) is 0 Å². The Morgan fingerprint density at radius 1 is 1.56 bits per heavy atom. The molecule has 0 aliphatic carbocycles. The van der Waals surface area contributed by atoms with Gasteiger partial charge in [-0.15, -0.1) is 0 Å². The number of piperidine rings is 1. The van der Waals surface area contributed by atoms with E-state index in [0.717, 1.165) is 12.8 Å². The van der Waals surface area contributed by atoms with Crippen molar-refractivity contribution in [2.45, 2.75) is 12.8 Å². The fraction of sp³-hybridized carbons (Fsp3) is 0.462. The van der Waals surface area contributed by atoms with Crippen LogP contribution in [0.15, 0.2) is 22.7 Å². The largest absolute Gasteiger partial charge is 0.396 e. The summed E-state index contributed by atoms with van der Waals surface area (Å²) in [6.07, 6.45) is 1.85. The molecule has 1 saturated heterocycles. The van der Waals surface area contributed by atoms with Crippen LogP contribution in [0.25, 0.3) is 0 Å². The molecule has 0 bridgehead atoms. The summed E-state index contributed by atoms with van der Waals surface area (Å²) in [4.78, 5) is 14.0. The number of hydrogen-bond donors (Lipinski definition) is 1. The Hall–Kier alpha value is -0.940. The number of amides is 1. The van der Waals surface area contributed by atoms with Crippen molar-refractivity contribution >= 4 is 21.8 Å². The number of carbonyl (C=O) groups is 1. The van der Waals surface area contributed by atoms with Gasteiger partial charge in [0.25, 0.3) is 5.91 Å². The second-order valence-electron chi connectivity index (χ2n) is 4.57. The number of rotatable bonds is 2. The Morgan fingerprint density at radius 2 is 2.33 bits per heavy atom. The van der Waals surface area contributed by atoms with E-state index in [1.165, 1.54) is 18.2 Å². The first-order valence-corrected chi connectivity index (χ1v) is 6.76. The maximum absolute atomic E-state index is 13.1. The predicted molar refractivity (Wildman–Crippen MR) is 69.8 cm³/mol. The van der Waals surface area contributed by atoms with Gasteiger partial charge in [0.1, 0.15) is 5.82 Å². The third-order valence-electron chi connectivity index (χ3n) is 3.23. The van der Waals surface area contributed by atoms with Crippen molar-refractivity contribution in [2.24, 2.45) is 5.92 Å². The molecule has 18 heavy (non-hydrogen) atoms. The average molecular weight is 316 g/mol. The van der Waals surface area contributed by atoms with Gasteiger partial charge >= 0.3 is 0 Å². The van der Waals surface area contributed by atoms with Gasteiger partial charge in [0.2, 0.25) is 0 Å². The van der Waals surface area contributed by atoms with Crippen molar-refractivity contribution in [3.05, 3.63) is 34.1 Å². The van der Waals surface area contributed by atoms with Crippen molar-refractivity contribution in [1.82, 2.24) is 4.90 Å². The molecule has 1 N–H and O–H groups in total. The Balaban J connectivity index is 2.12. The molecule has 1 aromatic rings. The SMILES string of the molecule is O=C(c1ccc(F)c(Br)c1)N1CCCC(CO)C1. The summed E-state index contributed by atoms with van der Waals surface area (Å²) in [6, 6.07) is 4.27. The summed E-state index contributed by atoms with van der Waals surface area (Å²) < 4.78 is 13.4. The Kier molecular flexibility index (Phi) is 4.35. The molecule has 0 radical (unpaired) electrons. The fourth-order valence-corrected chi connectivity index (χ4v) is 2.59. The molecule has 5 heteroatoms. The third-order valence-corrected chi connectivity index (χ3v) is 3.84. The van der Waals surface area contributed by atoms with Crippen molar-refractivity contribution in [1.29, 1.82) is 0 Å². The lowest BCUT2D eigenvalue weighted by atomic mass is 9.98. The normalized spacial score (nSPS) is 19.9. The second-order valence-corrected chi connectivity index (χ2v) is 5.43. The van der Waals surface area contributed by atoms with Crippen LogP contribution in [0.5, 0.6) is 0 Å². The smallest absolute Gasteiger partial charge is 0.253 e. The number of likely N-dealkylation sites (tertiary alicyclic amines) is 1. The number of aliphatic hydroxyl groups is 1. The van der Waals surface area contributed by atoms with Crippen molar-refractivity contribution < 1.29 is 14.3 Å². The van der Waals surface area contributed by atoms with E-state index in [2.05, 4.69) is 15.9 Å². The minimum Gasteiger partial charge on any atom is -0.396 e. The number of hydrogen-bond acceptors (Lipinski definition) is 2. The predicted octanol–water partition coefficient (Wildman–Crippen LogP) is 2.43. The molecular formula is C13H15BrFNO2. The van der Waals surface area contributed by atoms with Crippen LogP contribution in [-0.4, -0.2) is 35.6 Å². The fourth-order valence-electron chi connectivity index (χ4n) is 2.21. The van der Waals surface area contributed by atoms with Crippen LogP contribution < -0.4 is 0 Å². The zero-order chi connectivity index (χ0) is 13.1. The highest BCUT2D eigenvalue weighted by atomic mass is 79.9. The van der Waals surface area contributed by atoms with Crippen LogP contribution >= 0.6 is 15.9 Å². The molecule has 1 aromatic carbocycles. The van der Waals surface area contributed by atoms with Crippen LogP contribution in [0.3, 0.4) is 0 Å². The molecule has 98 valence electrons. The van der Waals surface area contributed by atoms with Gasteiger partial charge in [-0.1, -0.05) is 0 Å². The van der Waals surface area contributed by atoms with Gasteiger partial charge in [0.05, 0.1) is 4.47 Å². The molecule has 1 aliphatic heterocycles. The third kappa shape index (κ3) is 2.90. The summed E-state index contributed by atoms with van der Waals surface area (Å²) in [5.41, 5.74) is 0.474. The monoisotopic (exact) mass is 315 g/mol. The Morgan fingerprint density at radius 3 is 3.00 bits per heavy atom. The summed E-state index contributed by atoms with van der Waals surface area (Å²) in [5.74, 6) is -0.320. The highest BCUT2D eigenvalue weighted by molar-refractivity contribution is 9.10. The number of carbonyl (C=O) groups excluding carboxylic acids is 1. The molecule has 1 amide bonds. The summed E-state index contributed by atoms with van der Waals surface area (Å²) in [5, 5.41) is 9.15. The summed E-state index contributed by atoms with van der Waals surface area (Å²) in [6.45, 7) is 1.38. The first-order chi connectivity index (χ1) is 8.61. The van der Waals surface area contributed by atoms with Crippen LogP contribution in [0, 0.1) is 11.7 Å². The van der Waals surface area contributed by atoms with Gasteiger partial charge in [0, 0.05) is 25.3 Å². The van der Waals surface area contributed by atoms with Crippen molar-refractivity contribution in [2.75, 3.05) is 19.7 Å². The molecule has 1 aliphatic rings. The van der Waals surface area contributed by atoms with Gasteiger partial charge in [-0.2, -0.15) is 0 Å². The van der Waals surface area contributed by atoms with Gasteiger partial charge < -0.3 is 10.0 Å². The molecule has 1 unspecified atom stereocenters. The zero-order valence-corrected chi connectivity index (χ0v) is 11.5. The second kappa shape index (κ2) is 5.80. The molecule has 1 fully saturated rings. The number of halogens is 2. The van der Waals surface area contributed by atoms with E-state index in [1.54, 1.807) is 4.90 Å². The number of nitrogens with zero attached hydrogens (tertiary/aromatic N) is 1. The summed E-state index contributed by atoms with van der Waals surface area (Å²) >= 11 is 3.08. The minimum absolute atomic E-state index is 0.103. The number of benzene rings is 1. The molecule has 1 atom stereocenters. The lowest BCUT2D eigenvalue weighted by Gasteiger charge is -2.32. The topological polar surface area (TPSA) is 40.5 Å². The lowest BCUT2D eigenvalue weighted by molar-refractivity contribution is 0.0620. The maximum Gasteiger partial charge on any atom is 0.253 e.